The molecule has 8 heteroatoms. The zero-order chi connectivity index (χ0) is 22.7. The first kappa shape index (κ1) is 22.8. The first-order valence-corrected chi connectivity index (χ1v) is 12.9. The van der Waals surface area contributed by atoms with Gasteiger partial charge in [-0.2, -0.15) is 0 Å². The molecule has 0 aromatic heterocycles. The van der Waals surface area contributed by atoms with Gasteiger partial charge in [0.2, 0.25) is 5.91 Å². The highest BCUT2D eigenvalue weighted by atomic mass is 32.2. The summed E-state index contributed by atoms with van der Waals surface area (Å²) in [6, 6.07) is 15.2. The number of nitrogens with zero attached hydrogens (tertiary/aromatic N) is 2. The van der Waals surface area contributed by atoms with E-state index in [0.717, 1.165) is 24.2 Å². The van der Waals surface area contributed by atoms with Gasteiger partial charge in [-0.1, -0.05) is 36.4 Å². The lowest BCUT2D eigenvalue weighted by atomic mass is 10.0. The van der Waals surface area contributed by atoms with Crippen molar-refractivity contribution in [1.82, 2.24) is 9.80 Å². The van der Waals surface area contributed by atoms with Crippen molar-refractivity contribution in [3.05, 3.63) is 59.7 Å². The predicted molar refractivity (Wildman–Crippen MR) is 126 cm³/mol. The summed E-state index contributed by atoms with van der Waals surface area (Å²) in [7, 11) is -1.31. The first-order valence-electron chi connectivity index (χ1n) is 11.1. The maximum atomic E-state index is 13.5. The van der Waals surface area contributed by atoms with Crippen molar-refractivity contribution >= 4 is 21.4 Å². The van der Waals surface area contributed by atoms with Crippen LogP contribution in [0.3, 0.4) is 0 Å². The molecular weight excluding hydrogens is 426 g/mol. The minimum atomic E-state index is -2.91. The van der Waals surface area contributed by atoms with Crippen LogP contribution in [0.2, 0.25) is 0 Å². The fraction of sp³-hybridized carbons (Fsp3) is 0.458. The van der Waals surface area contributed by atoms with Crippen molar-refractivity contribution in [2.75, 3.05) is 50.1 Å². The fourth-order valence-electron chi connectivity index (χ4n) is 4.71. The fourth-order valence-corrected chi connectivity index (χ4v) is 6.47. The summed E-state index contributed by atoms with van der Waals surface area (Å²) < 4.78 is 29.2. The lowest BCUT2D eigenvalue weighted by Crippen LogP contribution is -2.53. The Morgan fingerprint density at radius 1 is 1.09 bits per heavy atom. The number of anilines is 1. The van der Waals surface area contributed by atoms with Gasteiger partial charge >= 0.3 is 0 Å². The highest BCUT2D eigenvalue weighted by Gasteiger charge is 2.36. The molecule has 0 saturated carbocycles. The largest absolute Gasteiger partial charge is 0.495 e. The van der Waals surface area contributed by atoms with Crippen LogP contribution in [0.15, 0.2) is 48.5 Å². The molecule has 2 heterocycles. The third-order valence-corrected chi connectivity index (χ3v) is 8.17. The molecule has 0 spiro atoms. The monoisotopic (exact) mass is 457 g/mol. The third-order valence-electron chi connectivity index (χ3n) is 6.42. The number of sulfone groups is 1. The summed E-state index contributed by atoms with van der Waals surface area (Å²) in [5, 5.41) is 3.08. The summed E-state index contributed by atoms with van der Waals surface area (Å²) in [5.41, 5.74) is 2.64. The second-order valence-corrected chi connectivity index (χ2v) is 10.9. The number of amides is 1. The Morgan fingerprint density at radius 2 is 1.81 bits per heavy atom. The van der Waals surface area contributed by atoms with Crippen molar-refractivity contribution in [2.24, 2.45) is 0 Å². The maximum Gasteiger partial charge on any atom is 0.246 e. The van der Waals surface area contributed by atoms with E-state index in [4.69, 9.17) is 4.74 Å². The molecule has 2 saturated heterocycles. The molecule has 172 valence electrons. The molecule has 7 nitrogen and oxygen atoms in total. The zero-order valence-corrected chi connectivity index (χ0v) is 19.5. The number of rotatable bonds is 6. The Labute approximate surface area is 190 Å². The summed E-state index contributed by atoms with van der Waals surface area (Å²) in [4.78, 5) is 18.0. The van der Waals surface area contributed by atoms with Gasteiger partial charge in [-0.15, -0.1) is 0 Å². The van der Waals surface area contributed by atoms with Crippen LogP contribution < -0.4 is 10.1 Å². The van der Waals surface area contributed by atoms with Crippen LogP contribution in [-0.4, -0.2) is 75.0 Å². The second-order valence-electron chi connectivity index (χ2n) is 8.64. The van der Waals surface area contributed by atoms with Gasteiger partial charge < -0.3 is 10.1 Å². The van der Waals surface area contributed by atoms with Crippen molar-refractivity contribution in [3.8, 4) is 5.75 Å². The first-order chi connectivity index (χ1) is 15.4. The predicted octanol–water partition coefficient (Wildman–Crippen LogP) is 2.49. The Hall–Kier alpha value is -2.42. The Morgan fingerprint density at radius 3 is 2.44 bits per heavy atom. The highest BCUT2D eigenvalue weighted by molar-refractivity contribution is 7.91. The average Bonchev–Trinajstić information content (AvgIpc) is 3.15. The summed E-state index contributed by atoms with van der Waals surface area (Å²) >= 11 is 0. The molecule has 1 amide bonds. The molecular formula is C24H31N3O4S. The lowest BCUT2D eigenvalue weighted by Gasteiger charge is -2.40. The topological polar surface area (TPSA) is 79.0 Å². The van der Waals surface area contributed by atoms with Crippen LogP contribution in [0, 0.1) is 6.92 Å². The number of hydrogen-bond donors (Lipinski definition) is 1. The number of nitrogens with one attached hydrogen (secondary N) is 1. The molecule has 2 aromatic rings. The third kappa shape index (κ3) is 5.14. The standard InChI is InChI=1S/C24H31N3O4S/c1-18-8-9-22(31-2)21(16-18)25-24(28)23(19-6-4-3-5-7-19)27-13-11-26(12-14-27)20-10-15-32(29,30)17-20/h3-9,16,20,23H,10-15,17H2,1-2H3,(H,25,28). The maximum absolute atomic E-state index is 13.5. The molecule has 32 heavy (non-hydrogen) atoms. The van der Waals surface area contributed by atoms with Crippen LogP contribution in [0.5, 0.6) is 5.75 Å². The van der Waals surface area contributed by atoms with E-state index in [-0.39, 0.29) is 23.5 Å². The molecule has 2 aliphatic heterocycles. The van der Waals surface area contributed by atoms with Gasteiger partial charge in [-0.05, 0) is 36.6 Å². The van der Waals surface area contributed by atoms with E-state index >= 15 is 0 Å². The van der Waals surface area contributed by atoms with Crippen LogP contribution in [0.4, 0.5) is 5.69 Å². The lowest BCUT2D eigenvalue weighted by molar-refractivity contribution is -0.122. The van der Waals surface area contributed by atoms with Gasteiger partial charge in [0.15, 0.2) is 9.84 Å². The quantitative estimate of drug-likeness (QED) is 0.718. The zero-order valence-electron chi connectivity index (χ0n) is 18.7. The molecule has 2 unspecified atom stereocenters. The van der Waals surface area contributed by atoms with Gasteiger partial charge in [0.1, 0.15) is 11.8 Å². The van der Waals surface area contributed by atoms with Crippen LogP contribution >= 0.6 is 0 Å². The van der Waals surface area contributed by atoms with E-state index in [0.29, 0.717) is 30.9 Å². The molecule has 4 rings (SSSR count). The molecule has 2 atom stereocenters. The van der Waals surface area contributed by atoms with E-state index in [1.807, 2.05) is 55.5 Å². The van der Waals surface area contributed by atoms with E-state index in [2.05, 4.69) is 15.1 Å². The van der Waals surface area contributed by atoms with Gasteiger partial charge in [-0.25, -0.2) is 8.42 Å². The highest BCUT2D eigenvalue weighted by Crippen LogP contribution is 2.30. The normalized spacial score (nSPS) is 22.4. The van der Waals surface area contributed by atoms with Crippen LogP contribution in [-0.2, 0) is 14.6 Å². The second kappa shape index (κ2) is 9.60. The van der Waals surface area contributed by atoms with E-state index in [1.165, 1.54) is 0 Å². The van der Waals surface area contributed by atoms with Crippen molar-refractivity contribution in [1.29, 1.82) is 0 Å². The Balaban J connectivity index is 1.51. The van der Waals surface area contributed by atoms with Crippen LogP contribution in [0.25, 0.3) is 0 Å². The summed E-state index contributed by atoms with van der Waals surface area (Å²) in [6.45, 7) is 4.89. The Kier molecular flexibility index (Phi) is 6.83. The molecule has 0 aliphatic carbocycles. The van der Waals surface area contributed by atoms with Gasteiger partial charge in [0.25, 0.3) is 0 Å². The number of benzene rings is 2. The minimum absolute atomic E-state index is 0.0997. The van der Waals surface area contributed by atoms with Gasteiger partial charge in [0, 0.05) is 32.2 Å². The molecule has 1 N–H and O–H groups in total. The number of ether oxygens (including phenoxy) is 1. The summed E-state index contributed by atoms with van der Waals surface area (Å²) in [5.74, 6) is 1.06. The van der Waals surface area contributed by atoms with Gasteiger partial charge in [0.05, 0.1) is 24.3 Å². The van der Waals surface area contributed by atoms with Crippen LogP contribution in [0.1, 0.15) is 23.6 Å². The number of carbonyl (C=O) groups is 1. The SMILES string of the molecule is COc1ccc(C)cc1NC(=O)C(c1ccccc1)N1CCN(C2CCS(=O)(=O)C2)CC1. The van der Waals surface area contributed by atoms with Gasteiger partial charge in [-0.3, -0.25) is 14.6 Å². The van der Waals surface area contributed by atoms with E-state index in [1.54, 1.807) is 7.11 Å². The number of aryl methyl sites for hydroxylation is 1. The summed E-state index contributed by atoms with van der Waals surface area (Å²) in [6.07, 6.45) is 0.706. The Bertz CT molecular complexity index is 1050. The number of methoxy groups -OCH3 is 1. The van der Waals surface area contributed by atoms with E-state index < -0.39 is 15.9 Å². The number of hydrogen-bond acceptors (Lipinski definition) is 6. The molecule has 2 fully saturated rings. The van der Waals surface area contributed by atoms with Crippen molar-refractivity contribution in [2.45, 2.75) is 25.4 Å². The molecule has 2 aromatic carbocycles. The van der Waals surface area contributed by atoms with Crippen molar-refractivity contribution < 1.29 is 17.9 Å². The van der Waals surface area contributed by atoms with E-state index in [9.17, 15) is 13.2 Å². The average molecular weight is 458 g/mol. The minimum Gasteiger partial charge on any atom is -0.495 e. The van der Waals surface area contributed by atoms with Crippen molar-refractivity contribution in [3.63, 3.8) is 0 Å². The smallest absolute Gasteiger partial charge is 0.246 e. The number of piperazine rings is 1. The number of carbonyl (C=O) groups excluding carboxylic acids is 1. The molecule has 2 aliphatic rings. The molecule has 0 bridgehead atoms. The molecule has 0 radical (unpaired) electrons.